The van der Waals surface area contributed by atoms with Crippen LogP contribution in [0.1, 0.15) is 133 Å². The molecule has 2 unspecified atom stereocenters. The second kappa shape index (κ2) is 21.7. The second-order valence-electron chi connectivity index (χ2n) is 22.3. The van der Waals surface area contributed by atoms with Gasteiger partial charge in [0.25, 0.3) is 0 Å². The van der Waals surface area contributed by atoms with Crippen LogP contribution in [0.4, 0.5) is 0 Å². The van der Waals surface area contributed by atoms with Gasteiger partial charge < -0.3 is 72.2 Å². The molecule has 8 aliphatic rings. The summed E-state index contributed by atoms with van der Waals surface area (Å²) in [5.74, 6) is -0.738. The molecular weight excluding hydrogens is 909 g/mol. The zero-order valence-electron chi connectivity index (χ0n) is 43.6. The van der Waals surface area contributed by atoms with Gasteiger partial charge in [0.2, 0.25) is 0 Å². The Bertz CT molecular complexity index is 1880. The van der Waals surface area contributed by atoms with Crippen molar-refractivity contribution in [2.24, 2.45) is 28.6 Å². The summed E-state index contributed by atoms with van der Waals surface area (Å²) in [4.78, 5) is 26.5. The number of allylic oxidation sites excluding steroid dienone is 2. The van der Waals surface area contributed by atoms with Gasteiger partial charge in [0.05, 0.1) is 60.5 Å². The topological polar surface area (TPSA) is 206 Å². The van der Waals surface area contributed by atoms with Crippen molar-refractivity contribution in [3.63, 3.8) is 0 Å². The second-order valence-corrected chi connectivity index (χ2v) is 22.3. The van der Waals surface area contributed by atoms with Crippen LogP contribution in [0.15, 0.2) is 23.3 Å². The van der Waals surface area contributed by atoms with Gasteiger partial charge in [-0.3, -0.25) is 4.79 Å². The smallest absolute Gasteiger partial charge is 0.333 e. The van der Waals surface area contributed by atoms with Gasteiger partial charge >= 0.3 is 5.97 Å². The molecule has 70 heavy (non-hydrogen) atoms. The summed E-state index contributed by atoms with van der Waals surface area (Å²) >= 11 is 0. The van der Waals surface area contributed by atoms with E-state index in [-0.39, 0.29) is 47.6 Å². The lowest BCUT2D eigenvalue weighted by molar-refractivity contribution is -0.346. The molecule has 17 nitrogen and oxygen atoms in total. The lowest BCUT2D eigenvalue weighted by Crippen LogP contribution is -2.66. The molecule has 24 atom stereocenters. The number of carbonyl (C=O) groups is 2. The highest BCUT2D eigenvalue weighted by Crippen LogP contribution is 2.68. The fourth-order valence-corrected chi connectivity index (χ4v) is 14.2. The molecule has 17 heteroatoms. The van der Waals surface area contributed by atoms with Crippen molar-refractivity contribution in [1.82, 2.24) is 0 Å². The minimum Gasteiger partial charge on any atom is -0.458 e. The number of aliphatic hydroxyl groups is 3. The first kappa shape index (κ1) is 54.3. The predicted octanol–water partition coefficient (Wildman–Crippen LogP) is 5.60. The SMILES string of the molecule is C/C=C(/C)C(=O)O[C@@H]1CC2C(CC=C3C[C@@H](O[C@H]4C[C@H](OC)[C@H](O[C@H]5C[C@H](OC)[C@H](O[C@H]6C[C@H](O)[C@H](O[C@H]7C[C@@H](OC)[C@H](O)[C@@H](C)O7)[C@@H](C)O6)[C@@H](C)O5)[C@@H](C)O4)CC[C@@]32C)[C@@]2(O)CC[C@H](C(C)=O)[C@@]12C. The van der Waals surface area contributed by atoms with E-state index >= 15 is 0 Å². The third-order valence-corrected chi connectivity index (χ3v) is 18.5. The molecule has 398 valence electrons. The van der Waals surface area contributed by atoms with Crippen LogP contribution in [0, 0.1) is 28.6 Å². The molecule has 0 radical (unpaired) electrons. The maximum absolute atomic E-state index is 13.3. The highest BCUT2D eigenvalue weighted by Gasteiger charge is 2.71. The lowest BCUT2D eigenvalue weighted by atomic mass is 9.45. The molecule has 0 aromatic rings. The predicted molar refractivity (Wildman–Crippen MR) is 252 cm³/mol. The Morgan fingerprint density at radius 3 is 1.77 bits per heavy atom. The molecular formula is C53H84O17. The number of carbonyl (C=O) groups excluding carboxylic acids is 2. The Morgan fingerprint density at radius 2 is 1.21 bits per heavy atom. The molecule has 4 aliphatic carbocycles. The normalized spacial score (nSPS) is 49.8. The van der Waals surface area contributed by atoms with Crippen molar-refractivity contribution in [1.29, 1.82) is 0 Å². The van der Waals surface area contributed by atoms with E-state index in [4.69, 9.17) is 56.8 Å². The van der Waals surface area contributed by atoms with E-state index in [0.29, 0.717) is 50.5 Å². The van der Waals surface area contributed by atoms with Crippen molar-refractivity contribution < 1.29 is 81.8 Å². The zero-order chi connectivity index (χ0) is 50.6. The minimum absolute atomic E-state index is 0.0387. The van der Waals surface area contributed by atoms with Crippen LogP contribution < -0.4 is 0 Å². The van der Waals surface area contributed by atoms with Crippen LogP contribution in [0.3, 0.4) is 0 Å². The molecule has 3 N–H and O–H groups in total. The summed E-state index contributed by atoms with van der Waals surface area (Å²) in [5.41, 5.74) is -0.451. The van der Waals surface area contributed by atoms with Crippen LogP contribution in [-0.4, -0.2) is 165 Å². The van der Waals surface area contributed by atoms with Crippen LogP contribution in [0.5, 0.6) is 0 Å². The third-order valence-electron chi connectivity index (χ3n) is 18.5. The summed E-state index contributed by atoms with van der Waals surface area (Å²) in [6.07, 6.45) is 0.405. The number of ketones is 1. The number of hydrogen-bond donors (Lipinski definition) is 3. The Kier molecular flexibility index (Phi) is 16.9. The van der Waals surface area contributed by atoms with Crippen LogP contribution in [0.2, 0.25) is 0 Å². The first-order chi connectivity index (χ1) is 33.2. The third kappa shape index (κ3) is 10.1. The highest BCUT2D eigenvalue weighted by atomic mass is 16.8. The van der Waals surface area contributed by atoms with Gasteiger partial charge in [0.15, 0.2) is 25.2 Å². The van der Waals surface area contributed by atoms with Gasteiger partial charge in [-0.2, -0.15) is 0 Å². The van der Waals surface area contributed by atoms with Crippen molar-refractivity contribution in [3.05, 3.63) is 23.3 Å². The van der Waals surface area contributed by atoms with E-state index in [9.17, 15) is 24.9 Å². The molecule has 0 bridgehead atoms. The molecule has 4 heterocycles. The maximum Gasteiger partial charge on any atom is 0.333 e. The Hall–Kier alpha value is -1.94. The van der Waals surface area contributed by atoms with Gasteiger partial charge in [0.1, 0.15) is 36.3 Å². The van der Waals surface area contributed by atoms with Gasteiger partial charge in [-0.25, -0.2) is 4.79 Å². The summed E-state index contributed by atoms with van der Waals surface area (Å²) in [6.45, 7) is 16.9. The van der Waals surface area contributed by atoms with E-state index in [1.165, 1.54) is 5.57 Å². The van der Waals surface area contributed by atoms with Gasteiger partial charge in [-0.15, -0.1) is 0 Å². The Morgan fingerprint density at radius 1 is 0.686 bits per heavy atom. The van der Waals surface area contributed by atoms with Crippen molar-refractivity contribution in [3.8, 4) is 0 Å². The van der Waals surface area contributed by atoms with Crippen LogP contribution >= 0.6 is 0 Å². The van der Waals surface area contributed by atoms with E-state index in [2.05, 4.69) is 13.0 Å². The van der Waals surface area contributed by atoms with Crippen LogP contribution in [0.25, 0.3) is 0 Å². The molecule has 8 rings (SSSR count). The quantitative estimate of drug-likeness (QED) is 0.110. The maximum atomic E-state index is 13.3. The molecule has 3 saturated carbocycles. The number of esters is 1. The molecule has 0 amide bonds. The molecule has 0 aromatic carbocycles. The van der Waals surface area contributed by atoms with E-state index < -0.39 is 115 Å². The molecule has 4 saturated heterocycles. The lowest BCUT2D eigenvalue weighted by Gasteiger charge is -2.63. The van der Waals surface area contributed by atoms with Crippen molar-refractivity contribution >= 4 is 11.8 Å². The number of Topliss-reactive ketones (excluding diaryl/α,β-unsaturated/α-hetero) is 1. The first-order valence-electron chi connectivity index (χ1n) is 26.1. The number of ether oxygens (including phenoxy) is 12. The number of hydrogen-bond acceptors (Lipinski definition) is 17. The summed E-state index contributed by atoms with van der Waals surface area (Å²) < 4.78 is 75.0. The molecule has 0 spiro atoms. The van der Waals surface area contributed by atoms with E-state index in [1.54, 1.807) is 48.2 Å². The van der Waals surface area contributed by atoms with Crippen molar-refractivity contribution in [2.45, 2.75) is 249 Å². The van der Waals surface area contributed by atoms with E-state index in [1.807, 2.05) is 34.6 Å². The summed E-state index contributed by atoms with van der Waals surface area (Å²) in [5, 5.41) is 34.5. The fourth-order valence-electron chi connectivity index (χ4n) is 14.2. The van der Waals surface area contributed by atoms with Gasteiger partial charge in [-0.1, -0.05) is 31.6 Å². The average Bonchev–Trinajstić information content (AvgIpc) is 3.61. The number of rotatable bonds is 14. The Balaban J connectivity index is 0.850. The van der Waals surface area contributed by atoms with Gasteiger partial charge in [0, 0.05) is 63.9 Å². The summed E-state index contributed by atoms with van der Waals surface area (Å²) in [6, 6.07) is 0. The largest absolute Gasteiger partial charge is 0.458 e. The van der Waals surface area contributed by atoms with Gasteiger partial charge in [-0.05, 0) is 111 Å². The number of aliphatic hydroxyl groups excluding tert-OH is 2. The van der Waals surface area contributed by atoms with E-state index in [0.717, 1.165) is 19.3 Å². The van der Waals surface area contributed by atoms with Crippen molar-refractivity contribution in [2.75, 3.05) is 21.3 Å². The number of methoxy groups -OCH3 is 3. The highest BCUT2D eigenvalue weighted by molar-refractivity contribution is 5.88. The molecule has 7 fully saturated rings. The summed E-state index contributed by atoms with van der Waals surface area (Å²) in [7, 11) is 4.85. The fraction of sp³-hybridized carbons (Fsp3) is 0.887. The zero-order valence-corrected chi connectivity index (χ0v) is 43.6. The minimum atomic E-state index is -1.15. The molecule has 4 aliphatic heterocycles. The number of fused-ring (bicyclic) bond motifs is 5. The van der Waals surface area contributed by atoms with Crippen LogP contribution in [-0.2, 0) is 66.4 Å². The monoisotopic (exact) mass is 993 g/mol. The molecule has 0 aromatic heterocycles. The first-order valence-corrected chi connectivity index (χ1v) is 26.1. The Labute approximate surface area is 414 Å². The standard InChI is InChI=1S/C53H84O17/c1-13-26(2)50(57)67-41-21-36-35(53(58)19-17-34(27(3)54)52(41,53)9)15-14-32-20-33(16-18-51(32,36)8)66-43-24-39(60-11)49(30(6)64-43)70-45-25-40(61-12)48(31(7)65-45)69-42-22-37(55)47(29(5)63-42)68-44-23-38(59-10)46(56)28(4)62-44/h13-14,28-31,33-49,55-56,58H,15-25H2,1-12H3/b26-13-/t28-,29-,30-,31-,33+,34-,35?,36?,37+,38-,39+,40+,41-,42+,43+,44+,45+,46-,47-,48-,49-,51+,52+,53+/m1/s1. The average molecular weight is 993 g/mol.